The highest BCUT2D eigenvalue weighted by molar-refractivity contribution is 5.55. The Morgan fingerprint density at radius 3 is 2.41 bits per heavy atom. The summed E-state index contributed by atoms with van der Waals surface area (Å²) in [5.41, 5.74) is 1.42. The van der Waals surface area contributed by atoms with Gasteiger partial charge in [-0.1, -0.05) is 0 Å². The highest BCUT2D eigenvalue weighted by atomic mass is 19.1. The first-order chi connectivity index (χ1) is 8.10. The van der Waals surface area contributed by atoms with Crippen molar-refractivity contribution in [2.75, 3.05) is 0 Å². The second-order valence-electron chi connectivity index (χ2n) is 3.64. The van der Waals surface area contributed by atoms with Gasteiger partial charge in [0.15, 0.2) is 5.82 Å². The summed E-state index contributed by atoms with van der Waals surface area (Å²) >= 11 is 0. The Morgan fingerprint density at radius 1 is 1.18 bits per heavy atom. The Morgan fingerprint density at radius 2 is 1.82 bits per heavy atom. The van der Waals surface area contributed by atoms with Gasteiger partial charge in [-0.2, -0.15) is 0 Å². The number of halogens is 2. The summed E-state index contributed by atoms with van der Waals surface area (Å²) < 4.78 is 26.1. The van der Waals surface area contributed by atoms with E-state index in [2.05, 4.69) is 9.97 Å². The van der Waals surface area contributed by atoms with Gasteiger partial charge in [0, 0.05) is 17.8 Å². The fourth-order valence-electron chi connectivity index (χ4n) is 1.46. The van der Waals surface area contributed by atoms with Crippen molar-refractivity contribution in [2.24, 2.45) is 0 Å². The summed E-state index contributed by atoms with van der Waals surface area (Å²) in [7, 11) is 0. The fraction of sp³-hybridized carbons (Fsp3) is 0.167. The minimum atomic E-state index is -0.685. The van der Waals surface area contributed by atoms with Gasteiger partial charge in [-0.25, -0.2) is 18.7 Å². The van der Waals surface area contributed by atoms with E-state index in [1.54, 1.807) is 6.92 Å². The van der Waals surface area contributed by atoms with E-state index in [-0.39, 0.29) is 18.0 Å². The van der Waals surface area contributed by atoms with Crippen molar-refractivity contribution >= 4 is 0 Å². The molecule has 88 valence electrons. The molecule has 1 N–H and O–H groups in total. The van der Waals surface area contributed by atoms with Crippen molar-refractivity contribution in [3.63, 3.8) is 0 Å². The molecule has 5 heteroatoms. The molecule has 0 unspecified atom stereocenters. The molecule has 0 aliphatic carbocycles. The summed E-state index contributed by atoms with van der Waals surface area (Å²) in [5.74, 6) is -1.18. The number of aliphatic hydroxyl groups excluding tert-OH is 1. The normalized spacial score (nSPS) is 10.6. The summed E-state index contributed by atoms with van der Waals surface area (Å²) in [6.07, 6.45) is 1.51. The van der Waals surface area contributed by atoms with Crippen molar-refractivity contribution in [1.29, 1.82) is 0 Å². The molecular weight excluding hydrogens is 226 g/mol. The minimum absolute atomic E-state index is 0.193. The molecule has 0 aliphatic heterocycles. The zero-order chi connectivity index (χ0) is 12.4. The monoisotopic (exact) mass is 236 g/mol. The lowest BCUT2D eigenvalue weighted by atomic mass is 10.2. The van der Waals surface area contributed by atoms with Crippen LogP contribution < -0.4 is 0 Å². The number of hydrogen-bond acceptors (Lipinski definition) is 3. The molecule has 0 spiro atoms. The van der Waals surface area contributed by atoms with Gasteiger partial charge >= 0.3 is 0 Å². The lowest BCUT2D eigenvalue weighted by Crippen LogP contribution is -1.99. The zero-order valence-corrected chi connectivity index (χ0v) is 9.11. The van der Waals surface area contributed by atoms with Gasteiger partial charge < -0.3 is 5.11 Å². The van der Waals surface area contributed by atoms with Crippen LogP contribution in [0.5, 0.6) is 0 Å². The maximum absolute atomic E-state index is 13.0. The first-order valence-electron chi connectivity index (χ1n) is 5.00. The van der Waals surface area contributed by atoms with E-state index in [0.717, 1.165) is 23.8 Å². The lowest BCUT2D eigenvalue weighted by Gasteiger charge is -2.05. The molecule has 1 aromatic heterocycles. The summed E-state index contributed by atoms with van der Waals surface area (Å²) in [4.78, 5) is 8.03. The molecule has 0 saturated heterocycles. The van der Waals surface area contributed by atoms with Crippen LogP contribution in [0.3, 0.4) is 0 Å². The van der Waals surface area contributed by atoms with Crippen molar-refractivity contribution < 1.29 is 13.9 Å². The van der Waals surface area contributed by atoms with Crippen LogP contribution in [0.4, 0.5) is 8.78 Å². The van der Waals surface area contributed by atoms with Crippen molar-refractivity contribution in [1.82, 2.24) is 9.97 Å². The molecule has 0 bridgehead atoms. The van der Waals surface area contributed by atoms with E-state index in [4.69, 9.17) is 5.11 Å². The SMILES string of the molecule is Cc1cnc(-c2cc(F)cc(F)c2)nc1CO. The summed E-state index contributed by atoms with van der Waals surface area (Å²) in [6, 6.07) is 3.08. The highest BCUT2D eigenvalue weighted by Gasteiger charge is 2.08. The van der Waals surface area contributed by atoms with Crippen LogP contribution in [0.1, 0.15) is 11.3 Å². The number of nitrogens with zero attached hydrogens (tertiary/aromatic N) is 2. The van der Waals surface area contributed by atoms with E-state index < -0.39 is 11.6 Å². The number of hydrogen-bond donors (Lipinski definition) is 1. The third-order valence-corrected chi connectivity index (χ3v) is 2.35. The summed E-state index contributed by atoms with van der Waals surface area (Å²) in [5, 5.41) is 9.06. The number of aromatic nitrogens is 2. The van der Waals surface area contributed by atoms with Gasteiger partial charge in [0.25, 0.3) is 0 Å². The van der Waals surface area contributed by atoms with E-state index in [1.165, 1.54) is 6.20 Å². The molecule has 2 aromatic rings. The molecule has 3 nitrogen and oxygen atoms in total. The molecule has 0 amide bonds. The number of rotatable bonds is 2. The molecule has 0 radical (unpaired) electrons. The lowest BCUT2D eigenvalue weighted by molar-refractivity contribution is 0.276. The van der Waals surface area contributed by atoms with E-state index in [0.29, 0.717) is 5.69 Å². The Labute approximate surface area is 96.8 Å². The summed E-state index contributed by atoms with van der Waals surface area (Å²) in [6.45, 7) is 1.51. The van der Waals surface area contributed by atoms with Gasteiger partial charge in [0.2, 0.25) is 0 Å². The molecule has 1 heterocycles. The Kier molecular flexibility index (Phi) is 3.10. The van der Waals surface area contributed by atoms with Crippen molar-refractivity contribution in [3.8, 4) is 11.4 Å². The third kappa shape index (κ3) is 2.45. The Bertz CT molecular complexity index is 538. The van der Waals surface area contributed by atoms with Gasteiger partial charge in [0.05, 0.1) is 12.3 Å². The fourth-order valence-corrected chi connectivity index (χ4v) is 1.46. The van der Waals surface area contributed by atoms with E-state index >= 15 is 0 Å². The van der Waals surface area contributed by atoms with Crippen LogP contribution in [-0.2, 0) is 6.61 Å². The average Bonchev–Trinajstić information content (AvgIpc) is 2.28. The molecule has 0 saturated carbocycles. The molecule has 2 rings (SSSR count). The maximum atomic E-state index is 13.0. The number of aryl methyl sites for hydroxylation is 1. The van der Waals surface area contributed by atoms with Crippen LogP contribution in [0.2, 0.25) is 0 Å². The number of aliphatic hydroxyl groups is 1. The molecule has 0 atom stereocenters. The third-order valence-electron chi connectivity index (χ3n) is 2.35. The topological polar surface area (TPSA) is 46.0 Å². The Balaban J connectivity index is 2.52. The first kappa shape index (κ1) is 11.6. The predicted molar refractivity (Wildman–Crippen MR) is 58.0 cm³/mol. The minimum Gasteiger partial charge on any atom is -0.390 e. The van der Waals surface area contributed by atoms with Crippen LogP contribution in [0, 0.1) is 18.6 Å². The Hall–Kier alpha value is -1.88. The molecule has 0 aliphatic rings. The van der Waals surface area contributed by atoms with E-state index in [1.807, 2.05) is 0 Å². The van der Waals surface area contributed by atoms with Gasteiger partial charge in [-0.3, -0.25) is 0 Å². The highest BCUT2D eigenvalue weighted by Crippen LogP contribution is 2.19. The quantitative estimate of drug-likeness (QED) is 0.869. The average molecular weight is 236 g/mol. The molecule has 17 heavy (non-hydrogen) atoms. The predicted octanol–water partition coefficient (Wildman–Crippen LogP) is 2.22. The molecular formula is C12H10F2N2O. The van der Waals surface area contributed by atoms with Crippen LogP contribution in [0.15, 0.2) is 24.4 Å². The smallest absolute Gasteiger partial charge is 0.159 e. The number of benzene rings is 1. The molecule has 1 aromatic carbocycles. The van der Waals surface area contributed by atoms with Gasteiger partial charge in [-0.05, 0) is 24.6 Å². The van der Waals surface area contributed by atoms with Crippen molar-refractivity contribution in [2.45, 2.75) is 13.5 Å². The van der Waals surface area contributed by atoms with Crippen LogP contribution >= 0.6 is 0 Å². The van der Waals surface area contributed by atoms with Gasteiger partial charge in [0.1, 0.15) is 11.6 Å². The second-order valence-corrected chi connectivity index (χ2v) is 3.64. The second kappa shape index (κ2) is 4.55. The van der Waals surface area contributed by atoms with Crippen molar-refractivity contribution in [3.05, 3.63) is 47.3 Å². The largest absolute Gasteiger partial charge is 0.390 e. The van der Waals surface area contributed by atoms with Crippen LogP contribution in [-0.4, -0.2) is 15.1 Å². The zero-order valence-electron chi connectivity index (χ0n) is 9.11. The maximum Gasteiger partial charge on any atom is 0.159 e. The van der Waals surface area contributed by atoms with Crippen LogP contribution in [0.25, 0.3) is 11.4 Å². The molecule has 0 fully saturated rings. The van der Waals surface area contributed by atoms with E-state index in [9.17, 15) is 8.78 Å². The van der Waals surface area contributed by atoms with Gasteiger partial charge in [-0.15, -0.1) is 0 Å². The standard InChI is InChI=1S/C12H10F2N2O/c1-7-5-15-12(16-11(7)6-17)8-2-9(13)4-10(14)3-8/h2-5,17H,6H2,1H3. The first-order valence-corrected chi connectivity index (χ1v) is 5.00.